The van der Waals surface area contributed by atoms with Crippen molar-refractivity contribution < 1.29 is 27.8 Å². The Morgan fingerprint density at radius 3 is 2.56 bits per heavy atom. The van der Waals surface area contributed by atoms with Gasteiger partial charge < -0.3 is 14.8 Å². The van der Waals surface area contributed by atoms with Gasteiger partial charge in [0.05, 0.1) is 32.6 Å². The summed E-state index contributed by atoms with van der Waals surface area (Å²) >= 11 is 0. The zero-order valence-electron chi connectivity index (χ0n) is 18.6. The van der Waals surface area contributed by atoms with Gasteiger partial charge in [0, 0.05) is 31.3 Å². The van der Waals surface area contributed by atoms with Gasteiger partial charge in [-0.05, 0) is 17.2 Å². The first kappa shape index (κ1) is 25.4. The van der Waals surface area contributed by atoms with E-state index in [0.717, 1.165) is 0 Å². The number of rotatable bonds is 7. The molecule has 0 spiro atoms. The molecule has 0 atom stereocenters. The third-order valence-corrected chi connectivity index (χ3v) is 4.66. The lowest BCUT2D eigenvalue weighted by atomic mass is 10.0. The summed E-state index contributed by atoms with van der Waals surface area (Å²) in [6.07, 6.45) is -1.36. The minimum atomic E-state index is -2.45. The summed E-state index contributed by atoms with van der Waals surface area (Å²) in [6.45, 7) is 6.57. The van der Waals surface area contributed by atoms with Crippen molar-refractivity contribution in [3.63, 3.8) is 0 Å². The summed E-state index contributed by atoms with van der Waals surface area (Å²) in [5, 5.41) is 2.73. The number of nitrogens with zero attached hydrogens (tertiary/aromatic N) is 2. The van der Waals surface area contributed by atoms with Crippen molar-refractivity contribution in [3.8, 4) is 11.1 Å². The van der Waals surface area contributed by atoms with E-state index in [1.807, 2.05) is 18.7 Å². The van der Waals surface area contributed by atoms with Crippen LogP contribution >= 0.6 is 0 Å². The fourth-order valence-corrected chi connectivity index (χ4v) is 3.19. The van der Waals surface area contributed by atoms with E-state index in [9.17, 15) is 18.4 Å². The third-order valence-electron chi connectivity index (χ3n) is 4.66. The molecular weight excluding hydrogens is 420 g/mol. The number of morpholine rings is 1. The second kappa shape index (κ2) is 12.8. The minimum absolute atomic E-state index is 0.0275. The summed E-state index contributed by atoms with van der Waals surface area (Å²) in [4.78, 5) is 30.7. The number of nitrogens with one attached hydrogen (secondary N) is 1. The molecule has 32 heavy (non-hydrogen) atoms. The molecule has 1 aliphatic rings. The van der Waals surface area contributed by atoms with E-state index in [-0.39, 0.29) is 30.3 Å². The van der Waals surface area contributed by atoms with Gasteiger partial charge in [-0.3, -0.25) is 9.69 Å². The normalized spacial score (nSPS) is 13.8. The molecule has 1 saturated heterocycles. The van der Waals surface area contributed by atoms with Crippen LogP contribution in [0.4, 0.5) is 14.5 Å². The maximum atomic E-state index is 12.7. The molecule has 0 unspecified atom stereocenters. The number of hydrogen-bond donors (Lipinski definition) is 1. The molecule has 0 bridgehead atoms. The molecule has 0 saturated carbocycles. The van der Waals surface area contributed by atoms with E-state index in [4.69, 9.17) is 9.47 Å². The highest BCUT2D eigenvalue weighted by Gasteiger charge is 2.19. The lowest BCUT2D eigenvalue weighted by Crippen LogP contribution is -2.41. The monoisotopic (exact) mass is 449 g/mol. The van der Waals surface area contributed by atoms with E-state index in [1.165, 1.54) is 13.3 Å². The molecule has 1 amide bonds. The number of carbonyl (C=O) groups excluding carboxylic acids is 2. The van der Waals surface area contributed by atoms with E-state index >= 15 is 0 Å². The predicted molar refractivity (Wildman–Crippen MR) is 118 cm³/mol. The Balaban J connectivity index is 0.00000176. The van der Waals surface area contributed by atoms with Gasteiger partial charge in [0.1, 0.15) is 0 Å². The molecule has 9 heteroatoms. The largest absolute Gasteiger partial charge is 0.464 e. The van der Waals surface area contributed by atoms with Crippen molar-refractivity contribution in [1.29, 1.82) is 0 Å². The Morgan fingerprint density at radius 2 is 1.91 bits per heavy atom. The number of benzene rings is 1. The molecule has 1 aliphatic heterocycles. The van der Waals surface area contributed by atoms with Crippen LogP contribution in [0.5, 0.6) is 0 Å². The van der Waals surface area contributed by atoms with Gasteiger partial charge in [0.25, 0.3) is 0 Å². The predicted octanol–water partition coefficient (Wildman–Crippen LogP) is 3.64. The molecule has 1 aromatic heterocycles. The van der Waals surface area contributed by atoms with E-state index in [1.54, 1.807) is 30.3 Å². The number of ether oxygens (including phenoxy) is 2. The maximum absolute atomic E-state index is 12.7. The van der Waals surface area contributed by atoms with Gasteiger partial charge in [-0.1, -0.05) is 38.1 Å². The summed E-state index contributed by atoms with van der Waals surface area (Å²) < 4.78 is 35.5. The number of aromatic nitrogens is 1. The summed E-state index contributed by atoms with van der Waals surface area (Å²) in [5.74, 6) is -0.984. The Hall–Kier alpha value is -2.91. The molecule has 7 nitrogen and oxygen atoms in total. The Bertz CT molecular complexity index is 903. The lowest BCUT2D eigenvalue weighted by molar-refractivity contribution is -0.118. The van der Waals surface area contributed by atoms with Crippen LogP contribution in [0, 0.1) is 0 Å². The van der Waals surface area contributed by atoms with E-state index in [2.05, 4.69) is 10.3 Å². The molecule has 3 rings (SSSR count). The topological polar surface area (TPSA) is 80.8 Å². The zero-order chi connectivity index (χ0) is 23.5. The summed E-state index contributed by atoms with van der Waals surface area (Å²) in [6, 6.07) is 8.29. The molecule has 0 aliphatic carbocycles. The number of anilines is 1. The zero-order valence-corrected chi connectivity index (χ0v) is 18.6. The van der Waals surface area contributed by atoms with Crippen LogP contribution in [0.25, 0.3) is 11.1 Å². The van der Waals surface area contributed by atoms with Gasteiger partial charge in [-0.25, -0.2) is 18.6 Å². The fourth-order valence-electron chi connectivity index (χ4n) is 3.19. The number of halogens is 2. The van der Waals surface area contributed by atoms with Gasteiger partial charge in [0.2, 0.25) is 12.3 Å². The van der Waals surface area contributed by atoms with Gasteiger partial charge in [0.15, 0.2) is 5.69 Å². The SMILES string of the molecule is CC.COC(=O)c1ncc(-c2cccc(CC(F)F)c2)cc1NC(=O)CN1CCOCC1. The fraction of sp³-hybridized carbons (Fsp3) is 0.435. The standard InChI is InChI=1S/C21H23F2N3O4.C2H6/c1-29-21(28)20-17(25-19(27)13-26-5-7-30-8-6-26)11-16(12-24-20)15-4-2-3-14(9-15)10-18(22)23;1-2/h2-4,9,11-12,18H,5-8,10,13H2,1H3,(H,25,27);1-2H3. The van der Waals surface area contributed by atoms with Gasteiger partial charge >= 0.3 is 5.97 Å². The second-order valence-electron chi connectivity index (χ2n) is 6.84. The van der Waals surface area contributed by atoms with Crippen LogP contribution in [0.15, 0.2) is 36.5 Å². The van der Waals surface area contributed by atoms with Crippen molar-refractivity contribution in [2.24, 2.45) is 0 Å². The quantitative estimate of drug-likeness (QED) is 0.650. The van der Waals surface area contributed by atoms with E-state index in [0.29, 0.717) is 43.0 Å². The average Bonchev–Trinajstić information content (AvgIpc) is 2.80. The smallest absolute Gasteiger partial charge is 0.358 e. The van der Waals surface area contributed by atoms with Crippen LogP contribution in [0.1, 0.15) is 29.9 Å². The molecule has 1 N–H and O–H groups in total. The number of alkyl halides is 2. The van der Waals surface area contributed by atoms with Crippen LogP contribution in [0.3, 0.4) is 0 Å². The highest BCUT2D eigenvalue weighted by Crippen LogP contribution is 2.26. The molecule has 2 heterocycles. The number of amides is 1. The number of carbonyl (C=O) groups is 2. The average molecular weight is 449 g/mol. The van der Waals surface area contributed by atoms with Gasteiger partial charge in [-0.15, -0.1) is 0 Å². The van der Waals surface area contributed by atoms with Crippen LogP contribution < -0.4 is 5.32 Å². The molecule has 0 radical (unpaired) electrons. The van der Waals surface area contributed by atoms with E-state index < -0.39 is 12.4 Å². The molecule has 1 fully saturated rings. The second-order valence-corrected chi connectivity index (χ2v) is 6.84. The summed E-state index contributed by atoms with van der Waals surface area (Å²) in [5.41, 5.74) is 1.90. The number of methoxy groups -OCH3 is 1. The third kappa shape index (κ3) is 7.35. The van der Waals surface area contributed by atoms with Gasteiger partial charge in [-0.2, -0.15) is 0 Å². The first-order valence-corrected chi connectivity index (χ1v) is 10.5. The Morgan fingerprint density at radius 1 is 1.19 bits per heavy atom. The number of esters is 1. The molecule has 174 valence electrons. The summed E-state index contributed by atoms with van der Waals surface area (Å²) in [7, 11) is 1.23. The maximum Gasteiger partial charge on any atom is 0.358 e. The lowest BCUT2D eigenvalue weighted by Gasteiger charge is -2.25. The van der Waals surface area contributed by atoms with Crippen molar-refractivity contribution in [2.75, 3.05) is 45.3 Å². The van der Waals surface area contributed by atoms with Crippen molar-refractivity contribution in [2.45, 2.75) is 26.7 Å². The molecule has 1 aromatic carbocycles. The number of pyridine rings is 1. The van der Waals surface area contributed by atoms with Crippen molar-refractivity contribution in [1.82, 2.24) is 9.88 Å². The number of hydrogen-bond acceptors (Lipinski definition) is 6. The van der Waals surface area contributed by atoms with Crippen molar-refractivity contribution in [3.05, 3.63) is 47.8 Å². The molecule has 2 aromatic rings. The van der Waals surface area contributed by atoms with Crippen LogP contribution in [0.2, 0.25) is 0 Å². The Labute approximate surface area is 186 Å². The van der Waals surface area contributed by atoms with Crippen LogP contribution in [-0.4, -0.2) is 68.1 Å². The highest BCUT2D eigenvalue weighted by molar-refractivity contribution is 6.01. The Kier molecular flexibility index (Phi) is 10.2. The first-order valence-electron chi connectivity index (χ1n) is 10.5. The van der Waals surface area contributed by atoms with Crippen molar-refractivity contribution >= 4 is 17.6 Å². The van der Waals surface area contributed by atoms with Crippen LogP contribution in [-0.2, 0) is 20.7 Å². The minimum Gasteiger partial charge on any atom is -0.464 e. The first-order chi connectivity index (χ1) is 15.5. The highest BCUT2D eigenvalue weighted by atomic mass is 19.3. The molecular formula is C23H29F2N3O4.